The molecular weight excluding hydrogens is 352 g/mol. The minimum absolute atomic E-state index is 0.275. The molecule has 2 aromatic carbocycles. The molecule has 0 radical (unpaired) electrons. The van der Waals surface area contributed by atoms with Crippen LogP contribution in [0.5, 0.6) is 0 Å². The van der Waals surface area contributed by atoms with Crippen molar-refractivity contribution < 1.29 is 17.5 Å². The summed E-state index contributed by atoms with van der Waals surface area (Å²) < 4.78 is 26.1. The number of benzene rings is 2. The van der Waals surface area contributed by atoms with Crippen LogP contribution in [0.3, 0.4) is 0 Å². The van der Waals surface area contributed by atoms with E-state index in [4.69, 9.17) is 0 Å². The van der Waals surface area contributed by atoms with Crippen LogP contribution in [0.1, 0.15) is 10.4 Å². The van der Waals surface area contributed by atoms with Gasteiger partial charge in [0.15, 0.2) is 12.1 Å². The maximum absolute atomic E-state index is 11.4. The fourth-order valence-corrected chi connectivity index (χ4v) is 2.87. The normalized spacial score (nSPS) is 10.7. The predicted molar refractivity (Wildman–Crippen MR) is 100 cm³/mol. The second-order valence-corrected chi connectivity index (χ2v) is 6.10. The number of hydrogen-bond acceptors (Lipinski definition) is 6. The van der Waals surface area contributed by atoms with Gasteiger partial charge in [-0.05, 0) is 28.3 Å². The van der Waals surface area contributed by atoms with Crippen LogP contribution >= 0.6 is 0 Å². The maximum atomic E-state index is 11.4. The molecule has 0 unspecified atom stereocenters. The maximum Gasteiger partial charge on any atom is 0.278 e. The zero-order valence-corrected chi connectivity index (χ0v) is 14.8. The van der Waals surface area contributed by atoms with E-state index in [2.05, 4.69) is 9.27 Å². The lowest BCUT2D eigenvalue weighted by molar-refractivity contribution is 0.112. The number of thiol groups is 1. The molecule has 0 aliphatic heterocycles. The molecule has 0 bridgehead atoms. The fourth-order valence-electron chi connectivity index (χ4n) is 2.59. The molecule has 3 aromatic rings. The summed E-state index contributed by atoms with van der Waals surface area (Å²) in [6.07, 6.45) is 2.10. The molecule has 1 heterocycles. The van der Waals surface area contributed by atoms with Gasteiger partial charge in [-0.1, -0.05) is 54.6 Å². The molecule has 0 saturated heterocycles. The molecule has 0 N–H and O–H groups in total. The van der Waals surface area contributed by atoms with Crippen molar-refractivity contribution in [2.45, 2.75) is 0 Å². The Kier molecular flexibility index (Phi) is 5.40. The fraction of sp³-hybridized carbons (Fsp3) is 0.0526. The van der Waals surface area contributed by atoms with Crippen molar-refractivity contribution in [2.75, 3.05) is 12.1 Å². The van der Waals surface area contributed by atoms with E-state index in [0.717, 1.165) is 21.8 Å². The van der Waals surface area contributed by atoms with Crippen LogP contribution in [0.2, 0.25) is 0 Å². The zero-order valence-electron chi connectivity index (χ0n) is 13.9. The van der Waals surface area contributed by atoms with Crippen LogP contribution < -0.4 is 5.06 Å². The summed E-state index contributed by atoms with van der Waals surface area (Å²) in [6.45, 7) is 0. The highest BCUT2D eigenvalue weighted by atomic mass is 32.2. The van der Waals surface area contributed by atoms with Gasteiger partial charge in [-0.25, -0.2) is 18.5 Å². The first-order chi connectivity index (χ1) is 12.6. The van der Waals surface area contributed by atoms with E-state index in [1.807, 2.05) is 54.6 Å². The number of rotatable bonds is 6. The average Bonchev–Trinajstić information content (AvgIpc) is 2.68. The number of carbonyl (C=O) groups excluding carboxylic acids is 1. The Morgan fingerprint density at radius 2 is 1.58 bits per heavy atom. The Hall–Kier alpha value is -3.03. The molecule has 6 nitrogen and oxygen atoms in total. The smallest absolute Gasteiger partial charge is 0.278 e. The number of aromatic nitrogens is 1. The average molecular weight is 368 g/mol. The molecule has 0 spiro atoms. The standard InChI is InChI=1S/C19H16N2O4S/c1-21(25-26(23)24)19-11-18(17(13-22)12-20-19)16-9-7-15(8-10-16)14-5-3-2-4-6-14/h2-13,26H,1H3. The van der Waals surface area contributed by atoms with Gasteiger partial charge in [0, 0.05) is 18.8 Å². The predicted octanol–water partition coefficient (Wildman–Crippen LogP) is 3.12. The summed E-state index contributed by atoms with van der Waals surface area (Å²) in [5.74, 6) is 0.275. The number of aldehydes is 1. The van der Waals surface area contributed by atoms with Crippen LogP contribution in [-0.4, -0.2) is 26.7 Å². The van der Waals surface area contributed by atoms with Gasteiger partial charge in [0.05, 0.1) is 0 Å². The number of pyridine rings is 1. The second-order valence-electron chi connectivity index (χ2n) is 5.49. The van der Waals surface area contributed by atoms with Crippen LogP contribution in [0.15, 0.2) is 66.9 Å². The molecule has 0 atom stereocenters. The lowest BCUT2D eigenvalue weighted by Gasteiger charge is -2.15. The monoisotopic (exact) mass is 368 g/mol. The Labute approximate surface area is 152 Å². The van der Waals surface area contributed by atoms with E-state index in [9.17, 15) is 13.2 Å². The number of hydroxylamine groups is 1. The first kappa shape index (κ1) is 17.8. The minimum Gasteiger partial charge on any atom is -0.298 e. The van der Waals surface area contributed by atoms with Crippen molar-refractivity contribution in [2.24, 2.45) is 0 Å². The summed E-state index contributed by atoms with van der Waals surface area (Å²) >= 11 is 0. The highest BCUT2D eigenvalue weighted by Gasteiger charge is 2.11. The highest BCUT2D eigenvalue weighted by molar-refractivity contribution is 7.67. The van der Waals surface area contributed by atoms with Crippen LogP contribution in [0, 0.1) is 0 Å². The molecule has 1 aromatic heterocycles. The van der Waals surface area contributed by atoms with Crippen molar-refractivity contribution in [3.05, 3.63) is 72.4 Å². The van der Waals surface area contributed by atoms with Gasteiger partial charge in [-0.3, -0.25) is 4.79 Å². The molecular formula is C19H16N2O4S. The lowest BCUT2D eigenvalue weighted by Crippen LogP contribution is -2.18. The van der Waals surface area contributed by atoms with Crippen LogP contribution in [-0.2, 0) is 15.3 Å². The first-order valence-corrected chi connectivity index (χ1v) is 8.85. The van der Waals surface area contributed by atoms with E-state index in [1.54, 1.807) is 6.07 Å². The topological polar surface area (TPSA) is 76.6 Å². The Bertz CT molecular complexity index is 978. The third-order valence-corrected chi connectivity index (χ3v) is 4.24. The van der Waals surface area contributed by atoms with Gasteiger partial charge in [0.2, 0.25) is 0 Å². The van der Waals surface area contributed by atoms with Gasteiger partial charge in [-0.2, -0.15) is 0 Å². The summed E-state index contributed by atoms with van der Waals surface area (Å²) in [4.78, 5) is 15.4. The molecule has 0 aliphatic rings. The molecule has 26 heavy (non-hydrogen) atoms. The summed E-state index contributed by atoms with van der Waals surface area (Å²) in [7, 11) is -1.63. The number of nitrogens with zero attached hydrogens (tertiary/aromatic N) is 2. The Morgan fingerprint density at radius 3 is 2.19 bits per heavy atom. The first-order valence-electron chi connectivity index (χ1n) is 7.76. The van der Waals surface area contributed by atoms with Gasteiger partial charge in [0.1, 0.15) is 0 Å². The van der Waals surface area contributed by atoms with Gasteiger partial charge in [-0.15, -0.1) is 4.28 Å². The van der Waals surface area contributed by atoms with E-state index in [0.29, 0.717) is 17.4 Å². The summed E-state index contributed by atoms with van der Waals surface area (Å²) in [6, 6.07) is 19.3. The zero-order chi connectivity index (χ0) is 18.5. The number of anilines is 1. The van der Waals surface area contributed by atoms with E-state index in [1.165, 1.54) is 13.2 Å². The SMILES string of the molecule is CN(O[SH](=O)=O)c1cc(-c2ccc(-c3ccccc3)cc2)c(C=O)cn1. The van der Waals surface area contributed by atoms with Crippen LogP contribution in [0.25, 0.3) is 22.3 Å². The quantitative estimate of drug-likeness (QED) is 0.409. The molecule has 3 rings (SSSR count). The van der Waals surface area contributed by atoms with E-state index >= 15 is 0 Å². The van der Waals surface area contributed by atoms with E-state index < -0.39 is 11.0 Å². The van der Waals surface area contributed by atoms with Crippen LogP contribution in [0.4, 0.5) is 5.82 Å². The number of carbonyl (C=O) groups is 1. The van der Waals surface area contributed by atoms with Gasteiger partial charge in [0.25, 0.3) is 11.0 Å². The van der Waals surface area contributed by atoms with Crippen molar-refractivity contribution in [3.63, 3.8) is 0 Å². The third kappa shape index (κ3) is 3.96. The van der Waals surface area contributed by atoms with Crippen molar-refractivity contribution in [1.29, 1.82) is 0 Å². The lowest BCUT2D eigenvalue weighted by atomic mass is 9.98. The van der Waals surface area contributed by atoms with Crippen molar-refractivity contribution in [3.8, 4) is 22.3 Å². The minimum atomic E-state index is -3.05. The third-order valence-electron chi connectivity index (χ3n) is 3.86. The molecule has 0 aliphatic carbocycles. The summed E-state index contributed by atoms with van der Waals surface area (Å²) in [5, 5.41) is 1.03. The Balaban J connectivity index is 1.98. The number of hydrogen-bond donors (Lipinski definition) is 1. The molecule has 0 saturated carbocycles. The molecule has 7 heteroatoms. The van der Waals surface area contributed by atoms with Crippen molar-refractivity contribution in [1.82, 2.24) is 4.98 Å². The highest BCUT2D eigenvalue weighted by Crippen LogP contribution is 2.28. The molecule has 132 valence electrons. The van der Waals surface area contributed by atoms with E-state index in [-0.39, 0.29) is 5.82 Å². The largest absolute Gasteiger partial charge is 0.298 e. The molecule has 0 fully saturated rings. The van der Waals surface area contributed by atoms with Gasteiger partial charge >= 0.3 is 0 Å². The Morgan fingerprint density at radius 1 is 0.962 bits per heavy atom. The van der Waals surface area contributed by atoms with Crippen molar-refractivity contribution >= 4 is 23.1 Å². The molecule has 0 amide bonds. The second kappa shape index (κ2) is 7.90. The summed E-state index contributed by atoms with van der Waals surface area (Å²) in [5.41, 5.74) is 4.01. The van der Waals surface area contributed by atoms with Gasteiger partial charge < -0.3 is 0 Å².